The van der Waals surface area contributed by atoms with Crippen LogP contribution in [0.15, 0.2) is 22.9 Å². The molecule has 0 unspecified atom stereocenters. The molecule has 92 valence electrons. The lowest BCUT2D eigenvalue weighted by molar-refractivity contribution is -0.119. The van der Waals surface area contributed by atoms with Crippen LogP contribution in [-0.4, -0.2) is 17.4 Å². The van der Waals surface area contributed by atoms with Crippen LogP contribution in [0.25, 0.3) is 0 Å². The quantitative estimate of drug-likeness (QED) is 0.838. The lowest BCUT2D eigenvalue weighted by Crippen LogP contribution is -2.40. The minimum Gasteiger partial charge on any atom is -0.330 e. The van der Waals surface area contributed by atoms with E-state index in [-0.39, 0.29) is 11.3 Å². The molecular formula is C12H16BrN3O. The minimum atomic E-state index is 0.0175. The number of anilines is 1. The monoisotopic (exact) mass is 297 g/mol. The number of halogens is 1. The molecule has 0 aliphatic heterocycles. The number of nitrogens with one attached hydrogen (secondary N) is 1. The molecule has 1 amide bonds. The van der Waals surface area contributed by atoms with E-state index in [2.05, 4.69) is 26.2 Å². The van der Waals surface area contributed by atoms with Crippen LogP contribution in [0.4, 0.5) is 5.69 Å². The van der Waals surface area contributed by atoms with Crippen molar-refractivity contribution >= 4 is 27.5 Å². The number of hydrogen-bond donors (Lipinski definition) is 2. The van der Waals surface area contributed by atoms with E-state index in [0.29, 0.717) is 23.3 Å². The highest BCUT2D eigenvalue weighted by atomic mass is 79.9. The number of carbonyl (C=O) groups is 1. The Hall–Kier alpha value is -0.940. The molecule has 17 heavy (non-hydrogen) atoms. The normalized spacial score (nSPS) is 17.3. The van der Waals surface area contributed by atoms with Gasteiger partial charge in [0, 0.05) is 12.6 Å². The fourth-order valence-electron chi connectivity index (χ4n) is 2.14. The molecule has 0 aromatic carbocycles. The molecule has 0 saturated heterocycles. The van der Waals surface area contributed by atoms with Gasteiger partial charge in [0.15, 0.2) is 0 Å². The summed E-state index contributed by atoms with van der Waals surface area (Å²) in [5, 5.41) is 2.86. The van der Waals surface area contributed by atoms with E-state index < -0.39 is 0 Å². The number of nitrogens with two attached hydrogens (primary N) is 1. The standard InChI is InChI=1S/C12H16BrN3O/c13-11-9(3-1-6-15-11)16-10(17)7-12(8-14)4-2-5-12/h1,3,6H,2,4-5,7-8,14H2,(H,16,17). The van der Waals surface area contributed by atoms with Crippen molar-refractivity contribution in [3.63, 3.8) is 0 Å². The van der Waals surface area contributed by atoms with Gasteiger partial charge in [-0.3, -0.25) is 4.79 Å². The average Bonchev–Trinajstić information content (AvgIpc) is 2.27. The largest absolute Gasteiger partial charge is 0.330 e. The van der Waals surface area contributed by atoms with Gasteiger partial charge in [0.2, 0.25) is 5.91 Å². The smallest absolute Gasteiger partial charge is 0.225 e. The molecule has 4 nitrogen and oxygen atoms in total. The van der Waals surface area contributed by atoms with E-state index >= 15 is 0 Å². The van der Waals surface area contributed by atoms with Gasteiger partial charge in [-0.1, -0.05) is 6.42 Å². The first-order valence-electron chi connectivity index (χ1n) is 5.76. The molecule has 1 fully saturated rings. The van der Waals surface area contributed by atoms with Crippen molar-refractivity contribution < 1.29 is 4.79 Å². The first-order chi connectivity index (χ1) is 8.15. The third kappa shape index (κ3) is 2.84. The number of nitrogens with zero attached hydrogens (tertiary/aromatic N) is 1. The highest BCUT2D eigenvalue weighted by molar-refractivity contribution is 9.10. The molecule has 0 atom stereocenters. The number of amides is 1. The Morgan fingerprint density at radius 3 is 2.88 bits per heavy atom. The molecule has 2 rings (SSSR count). The lowest BCUT2D eigenvalue weighted by Gasteiger charge is -2.40. The predicted molar refractivity (Wildman–Crippen MR) is 70.5 cm³/mol. The summed E-state index contributed by atoms with van der Waals surface area (Å²) in [4.78, 5) is 16.0. The maximum atomic E-state index is 11.9. The molecule has 3 N–H and O–H groups in total. The molecule has 1 heterocycles. The predicted octanol–water partition coefficient (Wildman–Crippen LogP) is 2.30. The van der Waals surface area contributed by atoms with Crippen LogP contribution in [0.2, 0.25) is 0 Å². The molecule has 1 aliphatic rings. The molecule has 1 aromatic heterocycles. The van der Waals surface area contributed by atoms with Gasteiger partial charge in [0.1, 0.15) is 4.60 Å². The highest BCUT2D eigenvalue weighted by Crippen LogP contribution is 2.43. The van der Waals surface area contributed by atoms with Gasteiger partial charge >= 0.3 is 0 Å². The summed E-state index contributed by atoms with van der Waals surface area (Å²) in [6, 6.07) is 3.62. The summed E-state index contributed by atoms with van der Waals surface area (Å²) in [7, 11) is 0. The van der Waals surface area contributed by atoms with Crippen LogP contribution in [0.3, 0.4) is 0 Å². The number of rotatable bonds is 4. The van der Waals surface area contributed by atoms with E-state index in [1.807, 2.05) is 6.07 Å². The number of carbonyl (C=O) groups excluding carboxylic acids is 1. The van der Waals surface area contributed by atoms with Gasteiger partial charge < -0.3 is 11.1 Å². The highest BCUT2D eigenvalue weighted by Gasteiger charge is 2.37. The third-order valence-electron chi connectivity index (χ3n) is 3.42. The van der Waals surface area contributed by atoms with Gasteiger partial charge in [-0.25, -0.2) is 4.98 Å². The molecule has 1 aliphatic carbocycles. The fraction of sp³-hybridized carbons (Fsp3) is 0.500. The van der Waals surface area contributed by atoms with Crippen molar-refractivity contribution in [1.82, 2.24) is 4.98 Å². The Balaban J connectivity index is 1.96. The molecule has 0 radical (unpaired) electrons. The second-order valence-corrected chi connectivity index (χ2v) is 5.38. The minimum absolute atomic E-state index is 0.0175. The molecule has 1 aromatic rings. The zero-order valence-corrected chi connectivity index (χ0v) is 11.2. The molecule has 0 bridgehead atoms. The van der Waals surface area contributed by atoms with Gasteiger partial charge in [0.25, 0.3) is 0 Å². The van der Waals surface area contributed by atoms with Gasteiger partial charge in [0.05, 0.1) is 5.69 Å². The first kappa shape index (κ1) is 12.5. The van der Waals surface area contributed by atoms with E-state index in [9.17, 15) is 4.79 Å². The molecular weight excluding hydrogens is 282 g/mol. The van der Waals surface area contributed by atoms with Gasteiger partial charge in [-0.15, -0.1) is 0 Å². The van der Waals surface area contributed by atoms with Crippen molar-refractivity contribution in [2.75, 3.05) is 11.9 Å². The number of aromatic nitrogens is 1. The van der Waals surface area contributed by atoms with Crippen molar-refractivity contribution in [2.24, 2.45) is 11.1 Å². The second-order valence-electron chi connectivity index (χ2n) is 4.62. The van der Waals surface area contributed by atoms with Crippen LogP contribution < -0.4 is 11.1 Å². The summed E-state index contributed by atoms with van der Waals surface area (Å²) >= 11 is 3.30. The van der Waals surface area contributed by atoms with Crippen LogP contribution >= 0.6 is 15.9 Å². The van der Waals surface area contributed by atoms with Crippen molar-refractivity contribution in [1.29, 1.82) is 0 Å². The SMILES string of the molecule is NCC1(CC(=O)Nc2cccnc2Br)CCC1. The summed E-state index contributed by atoms with van der Waals surface area (Å²) in [6.07, 6.45) is 5.48. The third-order valence-corrected chi connectivity index (χ3v) is 4.05. The van der Waals surface area contributed by atoms with Gasteiger partial charge in [-0.05, 0) is 52.9 Å². The summed E-state index contributed by atoms with van der Waals surface area (Å²) in [5.74, 6) is 0.0175. The van der Waals surface area contributed by atoms with Crippen LogP contribution in [0, 0.1) is 5.41 Å². The van der Waals surface area contributed by atoms with Crippen molar-refractivity contribution in [3.05, 3.63) is 22.9 Å². The van der Waals surface area contributed by atoms with E-state index in [4.69, 9.17) is 5.73 Å². The van der Waals surface area contributed by atoms with Gasteiger partial charge in [-0.2, -0.15) is 0 Å². The van der Waals surface area contributed by atoms with E-state index in [1.165, 1.54) is 6.42 Å². The Labute approximate surface area is 109 Å². The van der Waals surface area contributed by atoms with Crippen LogP contribution in [0.1, 0.15) is 25.7 Å². The maximum absolute atomic E-state index is 11.9. The summed E-state index contributed by atoms with van der Waals surface area (Å²) in [6.45, 7) is 0.592. The molecule has 1 saturated carbocycles. The Kier molecular flexibility index (Phi) is 3.79. The molecule has 5 heteroatoms. The van der Waals surface area contributed by atoms with E-state index in [0.717, 1.165) is 12.8 Å². The average molecular weight is 298 g/mol. The Morgan fingerprint density at radius 2 is 2.35 bits per heavy atom. The Bertz CT molecular complexity index is 412. The number of hydrogen-bond acceptors (Lipinski definition) is 3. The van der Waals surface area contributed by atoms with Crippen molar-refractivity contribution in [3.8, 4) is 0 Å². The zero-order valence-electron chi connectivity index (χ0n) is 9.58. The van der Waals surface area contributed by atoms with Crippen molar-refractivity contribution in [2.45, 2.75) is 25.7 Å². The first-order valence-corrected chi connectivity index (χ1v) is 6.55. The maximum Gasteiger partial charge on any atom is 0.225 e. The number of pyridine rings is 1. The summed E-state index contributed by atoms with van der Waals surface area (Å²) in [5.41, 5.74) is 6.49. The Morgan fingerprint density at radius 1 is 1.59 bits per heavy atom. The van der Waals surface area contributed by atoms with Crippen LogP contribution in [-0.2, 0) is 4.79 Å². The molecule has 0 spiro atoms. The summed E-state index contributed by atoms with van der Waals surface area (Å²) < 4.78 is 0.656. The zero-order chi connectivity index (χ0) is 12.3. The second kappa shape index (κ2) is 5.14. The van der Waals surface area contributed by atoms with E-state index in [1.54, 1.807) is 12.3 Å². The topological polar surface area (TPSA) is 68.0 Å². The fourth-order valence-corrected chi connectivity index (χ4v) is 2.49. The lowest BCUT2D eigenvalue weighted by atomic mass is 9.66. The van der Waals surface area contributed by atoms with Crippen LogP contribution in [0.5, 0.6) is 0 Å².